The Morgan fingerprint density at radius 1 is 0.208 bits per heavy atom. The number of rotatable bonds is 5. The van der Waals surface area contributed by atoms with Crippen LogP contribution in [0.15, 0.2) is 194 Å². The lowest BCUT2D eigenvalue weighted by atomic mass is 9.85. The van der Waals surface area contributed by atoms with Gasteiger partial charge in [0, 0.05) is 0 Å². The van der Waals surface area contributed by atoms with Crippen LogP contribution in [0.1, 0.15) is 0 Å². The highest BCUT2D eigenvalue weighted by molar-refractivity contribution is 6.22. The lowest BCUT2D eigenvalue weighted by Gasteiger charge is -2.18. The maximum atomic E-state index is 2.41. The van der Waals surface area contributed by atoms with Crippen LogP contribution in [-0.2, 0) is 0 Å². The average molecular weight is 609 g/mol. The van der Waals surface area contributed by atoms with Crippen molar-refractivity contribution in [1.29, 1.82) is 0 Å². The van der Waals surface area contributed by atoms with Crippen molar-refractivity contribution in [3.8, 4) is 55.6 Å². The monoisotopic (exact) mass is 608 g/mol. The minimum absolute atomic E-state index is 1.21. The van der Waals surface area contributed by atoms with Gasteiger partial charge in [0.2, 0.25) is 0 Å². The fraction of sp³-hybridized carbons (Fsp3) is 0. The van der Waals surface area contributed by atoms with Crippen LogP contribution < -0.4 is 0 Å². The Kier molecular flexibility index (Phi) is 6.91. The highest BCUT2D eigenvalue weighted by Crippen LogP contribution is 2.45. The maximum Gasteiger partial charge on any atom is -0.00261 e. The first-order chi connectivity index (χ1) is 23.8. The van der Waals surface area contributed by atoms with Gasteiger partial charge in [-0.1, -0.05) is 188 Å². The Hall–Kier alpha value is -6.24. The van der Waals surface area contributed by atoms with Crippen LogP contribution in [0.2, 0.25) is 0 Å². The van der Waals surface area contributed by atoms with Crippen LogP contribution in [-0.4, -0.2) is 0 Å². The molecule has 0 amide bonds. The van der Waals surface area contributed by atoms with Crippen molar-refractivity contribution in [3.63, 3.8) is 0 Å². The molecule has 0 spiro atoms. The standard InChI is InChI=1S/C48H32/c1-3-14-33(15-4-1)34-26-28-36(29-27-34)39-19-7-8-20-40(39)41-25-13-18-35-30-31-38(32-46(35)41)48-44-23-11-9-21-42(44)47(37-16-5-2-6-17-37)43-22-10-12-24-45(43)48/h1-32H. The summed E-state index contributed by atoms with van der Waals surface area (Å²) in [6, 6.07) is 70.7. The van der Waals surface area contributed by atoms with E-state index < -0.39 is 0 Å². The molecular weight excluding hydrogens is 577 g/mol. The second-order valence-corrected chi connectivity index (χ2v) is 12.4. The zero-order valence-corrected chi connectivity index (χ0v) is 26.5. The first-order valence-electron chi connectivity index (χ1n) is 16.6. The van der Waals surface area contributed by atoms with E-state index in [9.17, 15) is 0 Å². The molecule has 0 aliphatic rings. The Labute approximate surface area is 281 Å². The van der Waals surface area contributed by atoms with E-state index >= 15 is 0 Å². The molecule has 0 unspecified atom stereocenters. The highest BCUT2D eigenvalue weighted by Gasteiger charge is 2.18. The zero-order valence-electron chi connectivity index (χ0n) is 26.5. The normalized spacial score (nSPS) is 11.3. The van der Waals surface area contributed by atoms with Crippen molar-refractivity contribution in [2.75, 3.05) is 0 Å². The average Bonchev–Trinajstić information content (AvgIpc) is 3.17. The molecule has 0 saturated heterocycles. The number of fused-ring (bicyclic) bond motifs is 3. The molecule has 0 heterocycles. The topological polar surface area (TPSA) is 0 Å². The minimum atomic E-state index is 1.21. The molecule has 0 aliphatic heterocycles. The summed E-state index contributed by atoms with van der Waals surface area (Å²) in [5.74, 6) is 0. The van der Waals surface area contributed by atoms with E-state index in [0.717, 1.165) is 0 Å². The van der Waals surface area contributed by atoms with Gasteiger partial charge in [-0.15, -0.1) is 0 Å². The van der Waals surface area contributed by atoms with Gasteiger partial charge in [-0.2, -0.15) is 0 Å². The Balaban J connectivity index is 1.24. The summed E-state index contributed by atoms with van der Waals surface area (Å²) in [7, 11) is 0. The maximum absolute atomic E-state index is 2.41. The largest absolute Gasteiger partial charge is 0.0622 e. The Morgan fingerprint density at radius 2 is 0.646 bits per heavy atom. The lowest BCUT2D eigenvalue weighted by Crippen LogP contribution is -1.91. The van der Waals surface area contributed by atoms with Crippen molar-refractivity contribution in [1.82, 2.24) is 0 Å². The molecule has 9 aromatic carbocycles. The second kappa shape index (κ2) is 11.8. The Morgan fingerprint density at radius 3 is 1.27 bits per heavy atom. The summed E-state index contributed by atoms with van der Waals surface area (Å²) in [6.07, 6.45) is 0. The van der Waals surface area contributed by atoms with Gasteiger partial charge in [0.05, 0.1) is 0 Å². The summed E-state index contributed by atoms with van der Waals surface area (Å²) in [5.41, 5.74) is 12.4. The first kappa shape index (κ1) is 28.0. The molecule has 0 radical (unpaired) electrons. The van der Waals surface area contributed by atoms with Gasteiger partial charge in [0.25, 0.3) is 0 Å². The predicted octanol–water partition coefficient (Wildman–Crippen LogP) is 13.5. The molecule has 224 valence electrons. The van der Waals surface area contributed by atoms with Crippen molar-refractivity contribution in [2.45, 2.75) is 0 Å². The van der Waals surface area contributed by atoms with Crippen molar-refractivity contribution in [3.05, 3.63) is 194 Å². The van der Waals surface area contributed by atoms with Crippen LogP contribution >= 0.6 is 0 Å². The third-order valence-electron chi connectivity index (χ3n) is 9.69. The number of benzene rings is 9. The van der Waals surface area contributed by atoms with Gasteiger partial charge >= 0.3 is 0 Å². The van der Waals surface area contributed by atoms with Crippen LogP contribution in [0.5, 0.6) is 0 Å². The quantitative estimate of drug-likeness (QED) is 0.171. The van der Waals surface area contributed by atoms with Crippen LogP contribution in [0.3, 0.4) is 0 Å². The first-order valence-corrected chi connectivity index (χ1v) is 16.6. The lowest BCUT2D eigenvalue weighted by molar-refractivity contribution is 1.58. The summed E-state index contributed by atoms with van der Waals surface area (Å²) < 4.78 is 0. The molecule has 0 aromatic heterocycles. The van der Waals surface area contributed by atoms with E-state index in [0.29, 0.717) is 0 Å². The molecule has 0 nitrogen and oxygen atoms in total. The molecule has 0 atom stereocenters. The summed E-state index contributed by atoms with van der Waals surface area (Å²) in [6.45, 7) is 0. The fourth-order valence-electron chi connectivity index (χ4n) is 7.46. The van der Waals surface area contributed by atoms with Gasteiger partial charge in [0.1, 0.15) is 0 Å². The van der Waals surface area contributed by atoms with Crippen LogP contribution in [0.4, 0.5) is 0 Å². The van der Waals surface area contributed by atoms with Crippen molar-refractivity contribution < 1.29 is 0 Å². The number of hydrogen-bond donors (Lipinski definition) is 0. The van der Waals surface area contributed by atoms with Gasteiger partial charge < -0.3 is 0 Å². The third kappa shape index (κ3) is 4.78. The van der Waals surface area contributed by atoms with E-state index in [-0.39, 0.29) is 0 Å². The van der Waals surface area contributed by atoms with Crippen LogP contribution in [0, 0.1) is 0 Å². The molecule has 9 rings (SSSR count). The van der Waals surface area contributed by atoms with E-state index in [4.69, 9.17) is 0 Å². The highest BCUT2D eigenvalue weighted by atomic mass is 14.2. The van der Waals surface area contributed by atoms with Gasteiger partial charge in [0.15, 0.2) is 0 Å². The van der Waals surface area contributed by atoms with Crippen molar-refractivity contribution in [2.24, 2.45) is 0 Å². The van der Waals surface area contributed by atoms with Gasteiger partial charge in [-0.3, -0.25) is 0 Å². The van der Waals surface area contributed by atoms with Gasteiger partial charge in [-0.25, -0.2) is 0 Å². The molecule has 9 aromatic rings. The third-order valence-corrected chi connectivity index (χ3v) is 9.69. The molecule has 0 saturated carbocycles. The minimum Gasteiger partial charge on any atom is -0.0622 e. The van der Waals surface area contributed by atoms with E-state index in [2.05, 4.69) is 194 Å². The second-order valence-electron chi connectivity index (χ2n) is 12.4. The molecule has 0 N–H and O–H groups in total. The number of hydrogen-bond acceptors (Lipinski definition) is 0. The van der Waals surface area contributed by atoms with E-state index in [1.54, 1.807) is 0 Å². The molecule has 0 fully saturated rings. The Bertz CT molecular complexity index is 2520. The molecule has 0 bridgehead atoms. The summed E-state index contributed by atoms with van der Waals surface area (Å²) >= 11 is 0. The predicted molar refractivity (Wildman–Crippen MR) is 206 cm³/mol. The summed E-state index contributed by atoms with van der Waals surface area (Å²) in [5, 5.41) is 7.57. The van der Waals surface area contributed by atoms with Crippen molar-refractivity contribution >= 4 is 32.3 Å². The van der Waals surface area contributed by atoms with E-state index in [1.165, 1.54) is 88.0 Å². The molecular formula is C48H32. The molecule has 48 heavy (non-hydrogen) atoms. The molecule has 0 heteroatoms. The fourth-order valence-corrected chi connectivity index (χ4v) is 7.46. The SMILES string of the molecule is c1ccc(-c2ccc(-c3ccccc3-c3cccc4ccc(-c5c6ccccc6c(-c6ccccc6)c6ccccc56)cc34)cc2)cc1. The van der Waals surface area contributed by atoms with Gasteiger partial charge in [-0.05, 0) is 94.0 Å². The zero-order chi connectivity index (χ0) is 31.9. The smallest absolute Gasteiger partial charge is 0.00261 e. The summed E-state index contributed by atoms with van der Waals surface area (Å²) in [4.78, 5) is 0. The van der Waals surface area contributed by atoms with Crippen LogP contribution in [0.25, 0.3) is 88.0 Å². The van der Waals surface area contributed by atoms with E-state index in [1.807, 2.05) is 0 Å². The molecule has 0 aliphatic carbocycles.